The van der Waals surface area contributed by atoms with Crippen LogP contribution in [0.2, 0.25) is 0 Å². The highest BCUT2D eigenvalue weighted by Crippen LogP contribution is 2.16. The van der Waals surface area contributed by atoms with E-state index in [4.69, 9.17) is 0 Å². The molecule has 21 heavy (non-hydrogen) atoms. The fourth-order valence-corrected chi connectivity index (χ4v) is 2.46. The molecule has 0 saturated heterocycles. The molecular formula is C17H25NO2S. The quantitative estimate of drug-likeness (QED) is 0.728. The van der Waals surface area contributed by atoms with Crippen LogP contribution in [0.25, 0.3) is 6.08 Å². The van der Waals surface area contributed by atoms with Crippen LogP contribution in [0.4, 0.5) is 0 Å². The van der Waals surface area contributed by atoms with Crippen molar-refractivity contribution in [3.05, 3.63) is 33.3 Å². The van der Waals surface area contributed by atoms with E-state index in [0.717, 1.165) is 28.3 Å². The molecule has 0 aliphatic carbocycles. The van der Waals surface area contributed by atoms with E-state index in [1.54, 1.807) is 11.3 Å². The van der Waals surface area contributed by atoms with Gasteiger partial charge in [0.1, 0.15) is 5.78 Å². The first-order chi connectivity index (χ1) is 9.92. The van der Waals surface area contributed by atoms with Gasteiger partial charge in [-0.3, -0.25) is 4.79 Å². The van der Waals surface area contributed by atoms with E-state index in [1.165, 1.54) is 0 Å². The van der Waals surface area contributed by atoms with Gasteiger partial charge >= 0.3 is 0 Å². The fraction of sp³-hybridized carbons (Fsp3) is 0.529. The van der Waals surface area contributed by atoms with Crippen molar-refractivity contribution in [2.75, 3.05) is 0 Å². The van der Waals surface area contributed by atoms with Crippen LogP contribution in [0, 0.1) is 6.92 Å². The summed E-state index contributed by atoms with van der Waals surface area (Å²) >= 11 is 1.61. The summed E-state index contributed by atoms with van der Waals surface area (Å²) in [4.78, 5) is 15.6. The second-order valence-electron chi connectivity index (χ2n) is 5.37. The summed E-state index contributed by atoms with van der Waals surface area (Å²) in [5.41, 5.74) is 2.98. The van der Waals surface area contributed by atoms with Crippen molar-refractivity contribution in [3.8, 4) is 0 Å². The Labute approximate surface area is 131 Å². The van der Waals surface area contributed by atoms with Crippen LogP contribution in [0.3, 0.4) is 0 Å². The predicted molar refractivity (Wildman–Crippen MR) is 89.4 cm³/mol. The number of hydrogen-bond acceptors (Lipinski definition) is 4. The van der Waals surface area contributed by atoms with Gasteiger partial charge in [0.15, 0.2) is 0 Å². The minimum Gasteiger partial charge on any atom is -0.388 e. The standard InChI is InChI=1S/C17H25NO2S/c1-5-16(19)8-6-12(2)7-9-17(20)13(3)10-15-11-21-14(4)18-15/h7,10-11,17,20H,5-6,8-9H2,1-4H3/b12-7-,13-10+/t17-/m1/s1. The van der Waals surface area contributed by atoms with Crippen molar-refractivity contribution in [1.82, 2.24) is 4.98 Å². The van der Waals surface area contributed by atoms with Crippen molar-refractivity contribution in [2.24, 2.45) is 0 Å². The second kappa shape index (κ2) is 8.90. The number of nitrogens with zero attached hydrogens (tertiary/aromatic N) is 1. The topological polar surface area (TPSA) is 50.2 Å². The van der Waals surface area contributed by atoms with Gasteiger partial charge in [0.2, 0.25) is 0 Å². The van der Waals surface area contributed by atoms with Crippen molar-refractivity contribution in [1.29, 1.82) is 0 Å². The first kappa shape index (κ1) is 17.8. The number of aromatic nitrogens is 1. The molecule has 1 atom stereocenters. The third kappa shape index (κ3) is 6.82. The normalized spacial score (nSPS) is 14.3. The van der Waals surface area contributed by atoms with E-state index in [1.807, 2.05) is 45.2 Å². The van der Waals surface area contributed by atoms with Crippen LogP contribution in [-0.4, -0.2) is 22.0 Å². The van der Waals surface area contributed by atoms with Gasteiger partial charge < -0.3 is 5.11 Å². The Balaban J connectivity index is 2.50. The molecule has 116 valence electrons. The number of rotatable bonds is 8. The Morgan fingerprint density at radius 3 is 2.71 bits per heavy atom. The van der Waals surface area contributed by atoms with E-state index in [9.17, 15) is 9.90 Å². The number of Topliss-reactive ketones (excluding diaryl/α,β-unsaturated/α-hetero) is 1. The average molecular weight is 307 g/mol. The third-order valence-corrected chi connectivity index (χ3v) is 4.21. The maximum atomic E-state index is 11.3. The Morgan fingerprint density at radius 2 is 2.14 bits per heavy atom. The van der Waals surface area contributed by atoms with Crippen LogP contribution in [0.1, 0.15) is 57.2 Å². The van der Waals surface area contributed by atoms with E-state index < -0.39 is 6.10 Å². The van der Waals surface area contributed by atoms with Crippen LogP contribution in [0.5, 0.6) is 0 Å². The summed E-state index contributed by atoms with van der Waals surface area (Å²) < 4.78 is 0. The second-order valence-corrected chi connectivity index (χ2v) is 6.44. The molecule has 3 nitrogen and oxygen atoms in total. The molecule has 4 heteroatoms. The summed E-state index contributed by atoms with van der Waals surface area (Å²) in [6, 6.07) is 0. The molecule has 0 radical (unpaired) electrons. The number of thiazole rings is 1. The lowest BCUT2D eigenvalue weighted by atomic mass is 10.0. The van der Waals surface area contributed by atoms with Gasteiger partial charge in [0.05, 0.1) is 16.8 Å². The summed E-state index contributed by atoms with van der Waals surface area (Å²) in [5.74, 6) is 0.290. The lowest BCUT2D eigenvalue weighted by Crippen LogP contribution is -2.06. The molecule has 0 aliphatic rings. The van der Waals surface area contributed by atoms with Crippen molar-refractivity contribution in [3.63, 3.8) is 0 Å². The molecule has 1 rings (SSSR count). The minimum atomic E-state index is -0.496. The van der Waals surface area contributed by atoms with Gasteiger partial charge in [-0.25, -0.2) is 4.98 Å². The number of aliphatic hydroxyl groups is 1. The number of allylic oxidation sites excluding steroid dienone is 1. The summed E-state index contributed by atoms with van der Waals surface area (Å²) in [6.45, 7) is 7.79. The van der Waals surface area contributed by atoms with E-state index in [2.05, 4.69) is 4.98 Å². The van der Waals surface area contributed by atoms with E-state index >= 15 is 0 Å². The zero-order valence-corrected chi connectivity index (χ0v) is 14.2. The van der Waals surface area contributed by atoms with Crippen molar-refractivity contribution >= 4 is 23.2 Å². The van der Waals surface area contributed by atoms with E-state index in [-0.39, 0.29) is 0 Å². The number of ketones is 1. The van der Waals surface area contributed by atoms with Gasteiger partial charge in [-0.2, -0.15) is 0 Å². The molecular weight excluding hydrogens is 282 g/mol. The number of aryl methyl sites for hydroxylation is 1. The highest BCUT2D eigenvalue weighted by molar-refractivity contribution is 7.09. The number of aliphatic hydroxyl groups excluding tert-OH is 1. The van der Waals surface area contributed by atoms with Gasteiger partial charge in [0, 0.05) is 18.2 Å². The Bertz CT molecular complexity index is 529. The fourth-order valence-electron chi connectivity index (χ4n) is 1.89. The highest BCUT2D eigenvalue weighted by Gasteiger charge is 2.06. The predicted octanol–water partition coefficient (Wildman–Crippen LogP) is 4.31. The number of carbonyl (C=O) groups is 1. The van der Waals surface area contributed by atoms with Crippen molar-refractivity contribution < 1.29 is 9.90 Å². The molecule has 0 spiro atoms. The molecule has 0 aliphatic heterocycles. The van der Waals surface area contributed by atoms with Gasteiger partial charge in [-0.05, 0) is 45.3 Å². The Morgan fingerprint density at radius 1 is 1.43 bits per heavy atom. The highest BCUT2D eigenvalue weighted by atomic mass is 32.1. The number of carbonyl (C=O) groups excluding carboxylic acids is 1. The summed E-state index contributed by atoms with van der Waals surface area (Å²) in [7, 11) is 0. The third-order valence-electron chi connectivity index (χ3n) is 3.42. The first-order valence-electron chi connectivity index (χ1n) is 7.38. The van der Waals surface area contributed by atoms with Gasteiger partial charge in [0.25, 0.3) is 0 Å². The lowest BCUT2D eigenvalue weighted by molar-refractivity contribution is -0.118. The molecule has 1 N–H and O–H groups in total. The molecule has 1 aromatic heterocycles. The lowest BCUT2D eigenvalue weighted by Gasteiger charge is -2.09. The van der Waals surface area contributed by atoms with Crippen LogP contribution < -0.4 is 0 Å². The van der Waals surface area contributed by atoms with E-state index in [0.29, 0.717) is 25.0 Å². The van der Waals surface area contributed by atoms with Crippen LogP contribution in [-0.2, 0) is 4.79 Å². The molecule has 1 aromatic rings. The smallest absolute Gasteiger partial charge is 0.132 e. The molecule has 1 heterocycles. The molecule has 0 aromatic carbocycles. The average Bonchev–Trinajstić information content (AvgIpc) is 2.86. The molecule has 0 amide bonds. The molecule has 0 fully saturated rings. The molecule has 0 unspecified atom stereocenters. The maximum Gasteiger partial charge on any atom is 0.132 e. The Kier molecular flexibility index (Phi) is 7.54. The Hall–Kier alpha value is -1.26. The minimum absolute atomic E-state index is 0.290. The maximum absolute atomic E-state index is 11.3. The first-order valence-corrected chi connectivity index (χ1v) is 8.26. The van der Waals surface area contributed by atoms with Crippen molar-refractivity contribution in [2.45, 2.75) is 59.5 Å². The largest absolute Gasteiger partial charge is 0.388 e. The molecule has 0 bridgehead atoms. The van der Waals surface area contributed by atoms with Crippen LogP contribution in [0.15, 0.2) is 22.6 Å². The molecule has 0 saturated carbocycles. The summed E-state index contributed by atoms with van der Waals surface area (Å²) in [5, 5.41) is 13.2. The monoisotopic (exact) mass is 307 g/mol. The number of hydrogen-bond donors (Lipinski definition) is 1. The van der Waals surface area contributed by atoms with Gasteiger partial charge in [-0.15, -0.1) is 11.3 Å². The zero-order valence-electron chi connectivity index (χ0n) is 13.3. The SMILES string of the molecule is CCC(=O)CC/C(C)=C\C[C@@H](O)/C(C)=C/c1csc(C)n1. The zero-order chi connectivity index (χ0) is 15.8. The van der Waals surface area contributed by atoms with Crippen LogP contribution >= 0.6 is 11.3 Å². The van der Waals surface area contributed by atoms with Gasteiger partial charge in [-0.1, -0.05) is 18.6 Å². The summed E-state index contributed by atoms with van der Waals surface area (Å²) in [6.07, 6.45) is 6.02.